The van der Waals surface area contributed by atoms with E-state index in [1.165, 1.54) is 0 Å². The van der Waals surface area contributed by atoms with Crippen molar-refractivity contribution in [3.05, 3.63) is 0 Å². The Morgan fingerprint density at radius 2 is 1.82 bits per heavy atom. The molecule has 0 amide bonds. The molecule has 0 aromatic carbocycles. The molecule has 1 atom stereocenters. The van der Waals surface area contributed by atoms with Gasteiger partial charge in [0.2, 0.25) is 0 Å². The van der Waals surface area contributed by atoms with Crippen molar-refractivity contribution in [3.63, 3.8) is 0 Å². The van der Waals surface area contributed by atoms with Crippen LogP contribution in [-0.4, -0.2) is 31.0 Å². The number of rotatable bonds is 5. The Balaban J connectivity index is 3.86. The number of hydrogen-bond donors (Lipinski definition) is 2. The Bertz CT molecular complexity index is 105. The highest BCUT2D eigenvalue weighted by atomic mass is 32.1. The first-order valence-corrected chi connectivity index (χ1v) is 4.62. The van der Waals surface area contributed by atoms with Gasteiger partial charge in [-0.3, -0.25) is 0 Å². The van der Waals surface area contributed by atoms with Gasteiger partial charge in [0, 0.05) is 31.6 Å². The molecule has 0 radical (unpaired) electrons. The van der Waals surface area contributed by atoms with Gasteiger partial charge in [0.05, 0.1) is 0 Å². The normalized spacial score (nSPS) is 15.0. The highest BCUT2D eigenvalue weighted by molar-refractivity contribution is 7.84. The van der Waals surface area contributed by atoms with Gasteiger partial charge in [0.1, 0.15) is 0 Å². The Morgan fingerprint density at radius 3 is 2.09 bits per heavy atom. The molecule has 0 N–H and O–H groups in total. The van der Waals surface area contributed by atoms with Gasteiger partial charge in [-0.2, -0.15) is 25.3 Å². The molecule has 0 aliphatic rings. The molecule has 0 spiro atoms. The Hall–Kier alpha value is 0.620. The summed E-state index contributed by atoms with van der Waals surface area (Å²) in [6.07, 6.45) is 0.743. The zero-order chi connectivity index (χ0) is 8.91. The van der Waals surface area contributed by atoms with Crippen LogP contribution in [-0.2, 0) is 9.47 Å². The quantitative estimate of drug-likeness (QED) is 0.514. The molecule has 0 aromatic rings. The van der Waals surface area contributed by atoms with Gasteiger partial charge in [-0.1, -0.05) is 0 Å². The van der Waals surface area contributed by atoms with Crippen LogP contribution in [0, 0.1) is 0 Å². The minimum Gasteiger partial charge on any atom is -0.353 e. The standard InChI is InChI=1S/C7H16O2S2/c1-7(8-2,9-3)4-6(11)5-10/h6,10-11H,4-5H2,1-3H3. The third-order valence-corrected chi connectivity index (χ3v) is 2.77. The van der Waals surface area contributed by atoms with E-state index in [0.29, 0.717) is 0 Å². The van der Waals surface area contributed by atoms with Crippen LogP contribution < -0.4 is 0 Å². The van der Waals surface area contributed by atoms with E-state index < -0.39 is 5.79 Å². The monoisotopic (exact) mass is 196 g/mol. The van der Waals surface area contributed by atoms with Crippen molar-refractivity contribution in [3.8, 4) is 0 Å². The highest BCUT2D eigenvalue weighted by Crippen LogP contribution is 2.20. The second-order valence-electron chi connectivity index (χ2n) is 2.58. The lowest BCUT2D eigenvalue weighted by atomic mass is 10.2. The molecule has 2 nitrogen and oxygen atoms in total. The number of methoxy groups -OCH3 is 2. The molecule has 68 valence electrons. The molecule has 0 fully saturated rings. The molecule has 11 heavy (non-hydrogen) atoms. The van der Waals surface area contributed by atoms with E-state index in [1.807, 2.05) is 6.92 Å². The van der Waals surface area contributed by atoms with Gasteiger partial charge in [0.25, 0.3) is 0 Å². The van der Waals surface area contributed by atoms with E-state index in [2.05, 4.69) is 25.3 Å². The first-order valence-electron chi connectivity index (χ1n) is 3.47. The summed E-state index contributed by atoms with van der Waals surface area (Å²) in [7, 11) is 3.25. The summed E-state index contributed by atoms with van der Waals surface area (Å²) in [4.78, 5) is 0. The van der Waals surface area contributed by atoms with E-state index in [0.717, 1.165) is 12.2 Å². The van der Waals surface area contributed by atoms with Gasteiger partial charge in [0.15, 0.2) is 5.79 Å². The van der Waals surface area contributed by atoms with E-state index in [9.17, 15) is 0 Å². The van der Waals surface area contributed by atoms with Crippen molar-refractivity contribution >= 4 is 25.3 Å². The Kier molecular flexibility index (Phi) is 5.60. The number of thiol groups is 2. The van der Waals surface area contributed by atoms with Crippen molar-refractivity contribution in [1.29, 1.82) is 0 Å². The van der Waals surface area contributed by atoms with Crippen LogP contribution in [0.3, 0.4) is 0 Å². The van der Waals surface area contributed by atoms with Crippen LogP contribution in [0.5, 0.6) is 0 Å². The SMILES string of the molecule is COC(C)(CC(S)CS)OC. The van der Waals surface area contributed by atoms with Gasteiger partial charge in [-0.05, 0) is 6.92 Å². The van der Waals surface area contributed by atoms with Crippen molar-refractivity contribution in [1.82, 2.24) is 0 Å². The van der Waals surface area contributed by atoms with Crippen LogP contribution >= 0.6 is 25.3 Å². The third kappa shape index (κ3) is 4.25. The maximum absolute atomic E-state index is 5.15. The van der Waals surface area contributed by atoms with Crippen LogP contribution in [0.15, 0.2) is 0 Å². The van der Waals surface area contributed by atoms with Gasteiger partial charge < -0.3 is 9.47 Å². The summed E-state index contributed by atoms with van der Waals surface area (Å²) >= 11 is 8.41. The van der Waals surface area contributed by atoms with E-state index in [1.54, 1.807) is 14.2 Å². The van der Waals surface area contributed by atoms with Crippen LogP contribution in [0.4, 0.5) is 0 Å². The summed E-state index contributed by atoms with van der Waals surface area (Å²) in [5, 5.41) is 0.211. The van der Waals surface area contributed by atoms with Crippen LogP contribution in [0.2, 0.25) is 0 Å². The first kappa shape index (κ1) is 11.6. The lowest BCUT2D eigenvalue weighted by Crippen LogP contribution is -2.33. The van der Waals surface area contributed by atoms with Crippen molar-refractivity contribution in [2.75, 3.05) is 20.0 Å². The topological polar surface area (TPSA) is 18.5 Å². The second kappa shape index (κ2) is 5.30. The van der Waals surface area contributed by atoms with E-state index in [-0.39, 0.29) is 5.25 Å². The average molecular weight is 196 g/mol. The molecule has 0 rings (SSSR count). The van der Waals surface area contributed by atoms with E-state index in [4.69, 9.17) is 9.47 Å². The number of hydrogen-bond acceptors (Lipinski definition) is 4. The number of ether oxygens (including phenoxy) is 2. The molecular formula is C7H16O2S2. The van der Waals surface area contributed by atoms with Gasteiger partial charge >= 0.3 is 0 Å². The fourth-order valence-electron chi connectivity index (χ4n) is 0.743. The maximum Gasteiger partial charge on any atom is 0.165 e. The Labute approximate surface area is 79.5 Å². The minimum absolute atomic E-state index is 0.211. The fourth-order valence-corrected chi connectivity index (χ4v) is 1.20. The zero-order valence-corrected chi connectivity index (χ0v) is 8.99. The molecule has 4 heteroatoms. The lowest BCUT2D eigenvalue weighted by Gasteiger charge is -2.28. The highest BCUT2D eigenvalue weighted by Gasteiger charge is 2.25. The summed E-state index contributed by atoms with van der Waals surface area (Å²) in [6, 6.07) is 0. The molecule has 0 aromatic heterocycles. The third-order valence-electron chi connectivity index (χ3n) is 1.68. The Morgan fingerprint density at radius 1 is 1.36 bits per heavy atom. The van der Waals surface area contributed by atoms with Crippen LogP contribution in [0.25, 0.3) is 0 Å². The second-order valence-corrected chi connectivity index (χ2v) is 3.68. The molecule has 0 heterocycles. The summed E-state index contributed by atoms with van der Waals surface area (Å²) in [5.74, 6) is 0.209. The average Bonchev–Trinajstić information content (AvgIpc) is 2.04. The predicted molar refractivity (Wildman–Crippen MR) is 53.7 cm³/mol. The van der Waals surface area contributed by atoms with Gasteiger partial charge in [-0.15, -0.1) is 0 Å². The largest absolute Gasteiger partial charge is 0.353 e. The summed E-state index contributed by atoms with van der Waals surface area (Å²) < 4.78 is 10.3. The molecule has 0 bridgehead atoms. The molecule has 0 saturated carbocycles. The molecule has 0 saturated heterocycles. The summed E-state index contributed by atoms with van der Waals surface area (Å²) in [5.41, 5.74) is 0. The smallest absolute Gasteiger partial charge is 0.165 e. The molecular weight excluding hydrogens is 180 g/mol. The van der Waals surface area contributed by atoms with Crippen molar-refractivity contribution in [2.24, 2.45) is 0 Å². The lowest BCUT2D eigenvalue weighted by molar-refractivity contribution is -0.196. The predicted octanol–water partition coefficient (Wildman–Crippen LogP) is 1.61. The van der Waals surface area contributed by atoms with E-state index >= 15 is 0 Å². The van der Waals surface area contributed by atoms with Crippen molar-refractivity contribution in [2.45, 2.75) is 24.4 Å². The van der Waals surface area contributed by atoms with Crippen molar-refractivity contribution < 1.29 is 9.47 Å². The van der Waals surface area contributed by atoms with Crippen LogP contribution in [0.1, 0.15) is 13.3 Å². The fraction of sp³-hybridized carbons (Fsp3) is 1.00. The maximum atomic E-state index is 5.15. The molecule has 0 aliphatic heterocycles. The molecule has 0 aliphatic carbocycles. The summed E-state index contributed by atoms with van der Waals surface area (Å²) in [6.45, 7) is 1.89. The minimum atomic E-state index is -0.519. The zero-order valence-electron chi connectivity index (χ0n) is 7.20. The first-order chi connectivity index (χ1) is 5.08. The molecule has 1 unspecified atom stereocenters. The van der Waals surface area contributed by atoms with Gasteiger partial charge in [-0.25, -0.2) is 0 Å².